The Balaban J connectivity index is 2.07. The Bertz CT molecular complexity index is 808. The molecule has 1 N–H and O–H groups in total. The van der Waals surface area contributed by atoms with Gasteiger partial charge in [0.25, 0.3) is 0 Å². The van der Waals surface area contributed by atoms with E-state index in [4.69, 9.17) is 9.47 Å². The van der Waals surface area contributed by atoms with Gasteiger partial charge in [-0.2, -0.15) is 4.31 Å². The number of hydrogen-bond donors (Lipinski definition) is 1. The number of carbonyl (C=O) groups excluding carboxylic acids is 1. The molecule has 1 aromatic rings. The minimum Gasteiger partial charge on any atom is -0.495 e. The summed E-state index contributed by atoms with van der Waals surface area (Å²) in [5.74, 6) is 0.0849. The van der Waals surface area contributed by atoms with Crippen molar-refractivity contribution < 1.29 is 22.7 Å². The Kier molecular flexibility index (Phi) is 9.12. The summed E-state index contributed by atoms with van der Waals surface area (Å²) < 4.78 is 39.0. The van der Waals surface area contributed by atoms with Crippen molar-refractivity contribution in [1.29, 1.82) is 0 Å². The van der Waals surface area contributed by atoms with Crippen molar-refractivity contribution in [1.82, 2.24) is 9.62 Å². The van der Waals surface area contributed by atoms with E-state index in [1.54, 1.807) is 12.1 Å². The number of rotatable bonds is 10. The Morgan fingerprint density at radius 2 is 2.00 bits per heavy atom. The highest BCUT2D eigenvalue weighted by atomic mass is 32.2. The summed E-state index contributed by atoms with van der Waals surface area (Å²) >= 11 is 0. The number of hydrogen-bond acceptors (Lipinski definition) is 5. The number of methoxy groups -OCH3 is 1. The summed E-state index contributed by atoms with van der Waals surface area (Å²) in [5.41, 5.74) is 0.935. The van der Waals surface area contributed by atoms with Crippen LogP contribution >= 0.6 is 0 Å². The van der Waals surface area contributed by atoms with Crippen LogP contribution in [-0.2, 0) is 19.6 Å². The second-order valence-corrected chi connectivity index (χ2v) is 10.2. The lowest BCUT2D eigenvalue weighted by molar-refractivity contribution is -0.126. The van der Waals surface area contributed by atoms with Crippen molar-refractivity contribution in [3.63, 3.8) is 0 Å². The zero-order valence-corrected chi connectivity index (χ0v) is 19.6. The number of amides is 1. The van der Waals surface area contributed by atoms with Gasteiger partial charge in [-0.15, -0.1) is 0 Å². The number of sulfonamides is 1. The third-order valence-electron chi connectivity index (χ3n) is 5.30. The fourth-order valence-corrected chi connectivity index (χ4v) is 5.23. The van der Waals surface area contributed by atoms with Gasteiger partial charge in [-0.3, -0.25) is 4.79 Å². The Morgan fingerprint density at radius 3 is 2.63 bits per heavy atom. The molecule has 7 nitrogen and oxygen atoms in total. The lowest BCUT2D eigenvalue weighted by atomic mass is 9.99. The molecule has 0 radical (unpaired) electrons. The molecule has 0 bridgehead atoms. The Labute approximate surface area is 181 Å². The van der Waals surface area contributed by atoms with Crippen molar-refractivity contribution in [2.45, 2.75) is 63.9 Å². The molecular weight excluding hydrogens is 404 g/mol. The van der Waals surface area contributed by atoms with Gasteiger partial charge in [-0.05, 0) is 56.7 Å². The van der Waals surface area contributed by atoms with Crippen LogP contribution in [0.5, 0.6) is 5.75 Å². The van der Waals surface area contributed by atoms with Crippen molar-refractivity contribution >= 4 is 15.9 Å². The van der Waals surface area contributed by atoms with E-state index >= 15 is 0 Å². The average molecular weight is 441 g/mol. The lowest BCUT2D eigenvalue weighted by Crippen LogP contribution is -2.45. The smallest absolute Gasteiger partial charge is 0.246 e. The zero-order chi connectivity index (χ0) is 22.3. The third kappa shape index (κ3) is 6.43. The van der Waals surface area contributed by atoms with Crippen molar-refractivity contribution in [3.05, 3.63) is 23.8 Å². The first-order chi connectivity index (χ1) is 14.2. The molecule has 30 heavy (non-hydrogen) atoms. The SMILES string of the molecule is COc1ccc(C(C)C)cc1S(=O)(=O)N1CCC[C@@H](C(=O)NCCCOC(C)C)C1. The number of piperidine rings is 1. The number of nitrogens with zero attached hydrogens (tertiary/aromatic N) is 1. The van der Waals surface area contributed by atoms with Gasteiger partial charge in [0.15, 0.2) is 0 Å². The maximum atomic E-state index is 13.4. The van der Waals surface area contributed by atoms with Gasteiger partial charge in [0.1, 0.15) is 10.6 Å². The first-order valence-corrected chi connectivity index (χ1v) is 12.2. The standard InChI is InChI=1S/C22H36N2O5S/c1-16(2)18-9-10-20(28-5)21(14-18)30(26,27)24-12-6-8-19(15-24)22(25)23-11-7-13-29-17(3)4/h9-10,14,16-17,19H,6-8,11-13,15H2,1-5H3,(H,23,25)/t19-/m1/s1. The van der Waals surface area contributed by atoms with Crippen LogP contribution in [0.3, 0.4) is 0 Å². The van der Waals surface area contributed by atoms with Crippen LogP contribution in [0.25, 0.3) is 0 Å². The van der Waals surface area contributed by atoms with Gasteiger partial charge in [0.2, 0.25) is 15.9 Å². The summed E-state index contributed by atoms with van der Waals surface area (Å²) in [6.07, 6.45) is 2.24. The van der Waals surface area contributed by atoms with Crippen LogP contribution < -0.4 is 10.1 Å². The maximum absolute atomic E-state index is 13.4. The second kappa shape index (κ2) is 11.1. The first kappa shape index (κ1) is 24.6. The lowest BCUT2D eigenvalue weighted by Gasteiger charge is -2.31. The molecule has 0 aromatic heterocycles. The largest absolute Gasteiger partial charge is 0.495 e. The van der Waals surface area contributed by atoms with Gasteiger partial charge in [0.05, 0.1) is 19.1 Å². The van der Waals surface area contributed by atoms with Crippen LogP contribution in [0, 0.1) is 5.92 Å². The molecule has 170 valence electrons. The normalized spacial score (nSPS) is 18.0. The van der Waals surface area contributed by atoms with Gasteiger partial charge in [-0.1, -0.05) is 19.9 Å². The molecule has 0 unspecified atom stereocenters. The fourth-order valence-electron chi connectivity index (χ4n) is 3.51. The predicted octanol–water partition coefficient (Wildman–Crippen LogP) is 3.15. The second-order valence-electron chi connectivity index (χ2n) is 8.33. The van der Waals surface area contributed by atoms with E-state index < -0.39 is 10.0 Å². The van der Waals surface area contributed by atoms with Crippen molar-refractivity contribution in [2.75, 3.05) is 33.4 Å². The van der Waals surface area contributed by atoms with Gasteiger partial charge in [0, 0.05) is 26.2 Å². The van der Waals surface area contributed by atoms with Crippen LogP contribution in [0.1, 0.15) is 58.4 Å². The molecule has 1 saturated heterocycles. The van der Waals surface area contributed by atoms with Crippen LogP contribution in [-0.4, -0.2) is 58.1 Å². The van der Waals surface area contributed by atoms with Gasteiger partial charge >= 0.3 is 0 Å². The number of carbonyl (C=O) groups is 1. The van der Waals surface area contributed by atoms with E-state index in [0.29, 0.717) is 38.3 Å². The molecule has 1 atom stereocenters. The minimum absolute atomic E-state index is 0.0951. The molecule has 0 spiro atoms. The quantitative estimate of drug-likeness (QED) is 0.565. The van der Waals surface area contributed by atoms with Crippen LogP contribution in [0.15, 0.2) is 23.1 Å². The molecule has 2 rings (SSSR count). The third-order valence-corrected chi connectivity index (χ3v) is 7.18. The molecule has 0 aliphatic carbocycles. The Hall–Kier alpha value is -1.64. The molecular formula is C22H36N2O5S. The van der Waals surface area contributed by atoms with Gasteiger partial charge in [-0.25, -0.2) is 8.42 Å². The molecule has 8 heteroatoms. The first-order valence-electron chi connectivity index (χ1n) is 10.7. The predicted molar refractivity (Wildman–Crippen MR) is 117 cm³/mol. The fraction of sp³-hybridized carbons (Fsp3) is 0.682. The summed E-state index contributed by atoms with van der Waals surface area (Å²) in [4.78, 5) is 12.7. The summed E-state index contributed by atoms with van der Waals surface area (Å²) in [6.45, 7) is 9.70. The highest BCUT2D eigenvalue weighted by molar-refractivity contribution is 7.89. The molecule has 1 heterocycles. The monoisotopic (exact) mass is 440 g/mol. The molecule has 1 fully saturated rings. The minimum atomic E-state index is -3.76. The molecule has 0 saturated carbocycles. The van der Waals surface area contributed by atoms with E-state index in [1.807, 2.05) is 33.8 Å². The summed E-state index contributed by atoms with van der Waals surface area (Å²) in [6, 6.07) is 5.28. The Morgan fingerprint density at radius 1 is 1.27 bits per heavy atom. The molecule has 1 aliphatic heterocycles. The van der Waals surface area contributed by atoms with Crippen molar-refractivity contribution in [3.8, 4) is 5.75 Å². The number of nitrogens with one attached hydrogen (secondary N) is 1. The highest BCUT2D eigenvalue weighted by Gasteiger charge is 2.35. The number of ether oxygens (including phenoxy) is 2. The number of benzene rings is 1. The van der Waals surface area contributed by atoms with E-state index in [9.17, 15) is 13.2 Å². The highest BCUT2D eigenvalue weighted by Crippen LogP contribution is 2.32. The molecule has 1 aliphatic rings. The van der Waals surface area contributed by atoms with Crippen molar-refractivity contribution in [2.24, 2.45) is 5.92 Å². The summed E-state index contributed by atoms with van der Waals surface area (Å²) in [5, 5.41) is 2.92. The maximum Gasteiger partial charge on any atom is 0.246 e. The average Bonchev–Trinajstić information content (AvgIpc) is 2.72. The van der Waals surface area contributed by atoms with E-state index in [0.717, 1.165) is 12.0 Å². The van der Waals surface area contributed by atoms with Gasteiger partial charge < -0.3 is 14.8 Å². The summed E-state index contributed by atoms with van der Waals surface area (Å²) in [7, 11) is -2.29. The van der Waals surface area contributed by atoms with E-state index in [2.05, 4.69) is 5.32 Å². The van der Waals surface area contributed by atoms with E-state index in [1.165, 1.54) is 11.4 Å². The van der Waals surface area contributed by atoms with Crippen LogP contribution in [0.4, 0.5) is 0 Å². The van der Waals surface area contributed by atoms with E-state index in [-0.39, 0.29) is 35.3 Å². The topological polar surface area (TPSA) is 84.9 Å². The molecule has 1 amide bonds. The molecule has 1 aromatic carbocycles. The zero-order valence-electron chi connectivity index (χ0n) is 18.8. The van der Waals surface area contributed by atoms with Crippen LogP contribution in [0.2, 0.25) is 0 Å².